The lowest BCUT2D eigenvalue weighted by Crippen LogP contribution is -2.37. The molecule has 28 heavy (non-hydrogen) atoms. The molecule has 8 heteroatoms. The molecular formula is C20H22FN5O2. The normalized spacial score (nSPS) is 26.6. The summed E-state index contributed by atoms with van der Waals surface area (Å²) in [6.07, 6.45) is 5.66. The van der Waals surface area contributed by atoms with Crippen molar-refractivity contribution in [3.8, 4) is 0 Å². The topological polar surface area (TPSA) is 88.4 Å². The number of rotatable bonds is 5. The SMILES string of the molecule is O=C(Nc1nc2cccc(C3=CCC(NC(=O)C4CC4F)CC3)n2n1)C1CC1. The number of carbonyl (C=O) groups is 2. The largest absolute Gasteiger partial charge is 0.353 e. The highest BCUT2D eigenvalue weighted by atomic mass is 19.1. The summed E-state index contributed by atoms with van der Waals surface area (Å²) < 4.78 is 14.8. The molecule has 2 amide bonds. The Morgan fingerprint density at radius 3 is 2.68 bits per heavy atom. The fourth-order valence-corrected chi connectivity index (χ4v) is 3.70. The molecule has 3 atom stereocenters. The van der Waals surface area contributed by atoms with Crippen LogP contribution in [-0.4, -0.2) is 38.6 Å². The number of hydrogen-bond acceptors (Lipinski definition) is 4. The van der Waals surface area contributed by atoms with Gasteiger partial charge in [0.15, 0.2) is 5.65 Å². The van der Waals surface area contributed by atoms with E-state index in [1.165, 1.54) is 0 Å². The van der Waals surface area contributed by atoms with Crippen molar-refractivity contribution in [2.75, 3.05) is 5.32 Å². The van der Waals surface area contributed by atoms with Crippen molar-refractivity contribution in [1.82, 2.24) is 19.9 Å². The van der Waals surface area contributed by atoms with Gasteiger partial charge in [-0.3, -0.25) is 14.9 Å². The first kappa shape index (κ1) is 17.3. The molecule has 0 saturated heterocycles. The first-order valence-corrected chi connectivity index (χ1v) is 9.89. The molecular weight excluding hydrogens is 361 g/mol. The van der Waals surface area contributed by atoms with E-state index < -0.39 is 12.1 Å². The number of fused-ring (bicyclic) bond motifs is 1. The van der Waals surface area contributed by atoms with E-state index in [9.17, 15) is 14.0 Å². The van der Waals surface area contributed by atoms with Gasteiger partial charge in [0.2, 0.25) is 17.8 Å². The van der Waals surface area contributed by atoms with Crippen LogP contribution in [0.1, 0.15) is 44.2 Å². The highest BCUT2D eigenvalue weighted by Gasteiger charge is 2.44. The van der Waals surface area contributed by atoms with Gasteiger partial charge in [-0.25, -0.2) is 8.91 Å². The number of hydrogen-bond donors (Lipinski definition) is 2. The zero-order valence-corrected chi connectivity index (χ0v) is 15.4. The number of nitrogens with one attached hydrogen (secondary N) is 2. The minimum absolute atomic E-state index is 0.0147. The summed E-state index contributed by atoms with van der Waals surface area (Å²) in [4.78, 5) is 28.3. The molecule has 2 aromatic rings. The van der Waals surface area contributed by atoms with Crippen molar-refractivity contribution < 1.29 is 14.0 Å². The van der Waals surface area contributed by atoms with Crippen LogP contribution in [0.25, 0.3) is 11.2 Å². The highest BCUT2D eigenvalue weighted by Crippen LogP contribution is 2.35. The third kappa shape index (κ3) is 3.39. The molecule has 2 saturated carbocycles. The fraction of sp³-hybridized carbons (Fsp3) is 0.500. The number of pyridine rings is 1. The Morgan fingerprint density at radius 2 is 2.00 bits per heavy atom. The molecule has 0 radical (unpaired) electrons. The predicted molar refractivity (Wildman–Crippen MR) is 101 cm³/mol. The van der Waals surface area contributed by atoms with Crippen LogP contribution in [0.2, 0.25) is 0 Å². The molecule has 0 aliphatic heterocycles. The first-order chi connectivity index (χ1) is 13.6. The summed E-state index contributed by atoms with van der Waals surface area (Å²) in [6.45, 7) is 0. The van der Waals surface area contributed by atoms with Crippen LogP contribution < -0.4 is 10.6 Å². The second-order valence-electron chi connectivity index (χ2n) is 7.95. The maximum absolute atomic E-state index is 13.0. The van der Waals surface area contributed by atoms with Crippen LogP contribution in [0.5, 0.6) is 0 Å². The van der Waals surface area contributed by atoms with Crippen molar-refractivity contribution >= 4 is 29.0 Å². The summed E-state index contributed by atoms with van der Waals surface area (Å²) in [7, 11) is 0. The predicted octanol–water partition coefficient (Wildman–Crippen LogP) is 2.49. The Bertz CT molecular complexity index is 980. The summed E-state index contributed by atoms with van der Waals surface area (Å²) >= 11 is 0. The zero-order valence-electron chi connectivity index (χ0n) is 15.4. The van der Waals surface area contributed by atoms with Gasteiger partial charge >= 0.3 is 0 Å². The van der Waals surface area contributed by atoms with E-state index >= 15 is 0 Å². The molecule has 0 aromatic carbocycles. The van der Waals surface area contributed by atoms with E-state index in [-0.39, 0.29) is 23.8 Å². The van der Waals surface area contributed by atoms with Gasteiger partial charge in [-0.1, -0.05) is 12.1 Å². The average molecular weight is 383 g/mol. The zero-order chi connectivity index (χ0) is 19.3. The van der Waals surface area contributed by atoms with Crippen LogP contribution in [-0.2, 0) is 9.59 Å². The van der Waals surface area contributed by atoms with Crippen LogP contribution in [0.4, 0.5) is 10.3 Å². The lowest BCUT2D eigenvalue weighted by Gasteiger charge is -2.23. The van der Waals surface area contributed by atoms with Crippen LogP contribution >= 0.6 is 0 Å². The second-order valence-corrected chi connectivity index (χ2v) is 7.95. The smallest absolute Gasteiger partial charge is 0.249 e. The maximum Gasteiger partial charge on any atom is 0.249 e. The third-order valence-electron chi connectivity index (χ3n) is 5.68. The molecule has 2 fully saturated rings. The number of allylic oxidation sites excluding steroid dienone is 1. The van der Waals surface area contributed by atoms with E-state index in [0.717, 1.165) is 37.0 Å². The minimum Gasteiger partial charge on any atom is -0.353 e. The van der Waals surface area contributed by atoms with Gasteiger partial charge in [0, 0.05) is 12.0 Å². The maximum atomic E-state index is 13.0. The Hall–Kier alpha value is -2.77. The Kier molecular flexibility index (Phi) is 4.14. The molecule has 2 N–H and O–H groups in total. The monoisotopic (exact) mass is 383 g/mol. The van der Waals surface area contributed by atoms with Crippen LogP contribution in [0.3, 0.4) is 0 Å². The number of anilines is 1. The van der Waals surface area contributed by atoms with E-state index in [2.05, 4.69) is 26.8 Å². The number of amides is 2. The third-order valence-corrected chi connectivity index (χ3v) is 5.68. The summed E-state index contributed by atoms with van der Waals surface area (Å²) in [5.41, 5.74) is 2.76. The number of nitrogens with zero attached hydrogens (tertiary/aromatic N) is 3. The van der Waals surface area contributed by atoms with Crippen LogP contribution in [0.15, 0.2) is 24.3 Å². The molecule has 146 valence electrons. The summed E-state index contributed by atoms with van der Waals surface area (Å²) in [5.74, 6) is -0.194. The molecule has 0 bridgehead atoms. The average Bonchev–Trinajstić information content (AvgIpc) is 3.60. The molecule has 2 heterocycles. The fourth-order valence-electron chi connectivity index (χ4n) is 3.70. The number of alkyl halides is 1. The van der Waals surface area contributed by atoms with Gasteiger partial charge < -0.3 is 5.32 Å². The van der Waals surface area contributed by atoms with Crippen molar-refractivity contribution in [3.63, 3.8) is 0 Å². The van der Waals surface area contributed by atoms with Gasteiger partial charge in [0.1, 0.15) is 6.17 Å². The van der Waals surface area contributed by atoms with Gasteiger partial charge in [-0.2, -0.15) is 4.98 Å². The van der Waals surface area contributed by atoms with Crippen molar-refractivity contribution in [2.45, 2.75) is 50.7 Å². The number of halogens is 1. The Balaban J connectivity index is 1.30. The van der Waals surface area contributed by atoms with Crippen molar-refractivity contribution in [1.29, 1.82) is 0 Å². The number of aromatic nitrogens is 3. The standard InChI is InChI=1S/C20H22FN5O2/c21-15-10-14(15)19(28)22-13-8-6-11(7-9-13)16-2-1-3-17-23-20(25-26(16)17)24-18(27)12-4-5-12/h1-3,6,12-15H,4-5,7-10H2,(H,22,28)(H,24,25,27). The van der Waals surface area contributed by atoms with Gasteiger partial charge in [-0.05, 0) is 56.2 Å². The van der Waals surface area contributed by atoms with Gasteiger partial charge in [0.25, 0.3) is 0 Å². The molecule has 2 aromatic heterocycles. The van der Waals surface area contributed by atoms with E-state index in [1.54, 1.807) is 4.52 Å². The minimum atomic E-state index is -0.964. The quantitative estimate of drug-likeness (QED) is 0.830. The Labute approximate surface area is 161 Å². The van der Waals surface area contributed by atoms with E-state index in [0.29, 0.717) is 24.4 Å². The first-order valence-electron chi connectivity index (χ1n) is 9.89. The summed E-state index contributed by atoms with van der Waals surface area (Å²) in [5, 5.41) is 10.2. The molecule has 3 aliphatic carbocycles. The molecule has 5 rings (SSSR count). The van der Waals surface area contributed by atoms with Gasteiger partial charge in [-0.15, -0.1) is 5.10 Å². The summed E-state index contributed by atoms with van der Waals surface area (Å²) in [6, 6.07) is 5.82. The van der Waals surface area contributed by atoms with E-state index in [4.69, 9.17) is 0 Å². The lowest BCUT2D eigenvalue weighted by molar-refractivity contribution is -0.123. The number of carbonyl (C=O) groups excluding carboxylic acids is 2. The van der Waals surface area contributed by atoms with Gasteiger partial charge in [0.05, 0.1) is 11.6 Å². The van der Waals surface area contributed by atoms with Crippen molar-refractivity contribution in [3.05, 3.63) is 30.0 Å². The highest BCUT2D eigenvalue weighted by molar-refractivity contribution is 5.92. The van der Waals surface area contributed by atoms with E-state index in [1.807, 2.05) is 18.2 Å². The Morgan fingerprint density at radius 1 is 1.18 bits per heavy atom. The second kappa shape index (κ2) is 6.68. The molecule has 0 spiro atoms. The molecule has 3 aliphatic rings. The lowest BCUT2D eigenvalue weighted by atomic mass is 9.93. The molecule has 7 nitrogen and oxygen atoms in total. The molecule has 3 unspecified atom stereocenters. The van der Waals surface area contributed by atoms with Crippen LogP contribution in [0, 0.1) is 11.8 Å². The van der Waals surface area contributed by atoms with Crippen molar-refractivity contribution in [2.24, 2.45) is 11.8 Å².